The van der Waals surface area contributed by atoms with Crippen LogP contribution in [0.25, 0.3) is 11.3 Å². The minimum absolute atomic E-state index is 0.00228. The van der Waals surface area contributed by atoms with E-state index in [9.17, 15) is 9.59 Å². The molecule has 4 heterocycles. The van der Waals surface area contributed by atoms with E-state index in [1.54, 1.807) is 29.4 Å². The van der Waals surface area contributed by atoms with Gasteiger partial charge >= 0.3 is 0 Å². The fraction of sp³-hybridized carbons (Fsp3) is 0.350. The van der Waals surface area contributed by atoms with Crippen LogP contribution in [0.1, 0.15) is 28.3 Å². The molecule has 28 heavy (non-hydrogen) atoms. The number of carbonyl (C=O) groups is 1. The van der Waals surface area contributed by atoms with Gasteiger partial charge in [-0.3, -0.25) is 19.1 Å². The molecule has 1 amide bonds. The van der Waals surface area contributed by atoms with Crippen molar-refractivity contribution in [2.45, 2.75) is 26.3 Å². The number of nitrogens with zero attached hydrogens (tertiary/aromatic N) is 5. The first kappa shape index (κ1) is 18.5. The maximum absolute atomic E-state index is 12.5. The zero-order chi connectivity index (χ0) is 19.5. The van der Waals surface area contributed by atoms with Gasteiger partial charge in [0.1, 0.15) is 5.69 Å². The third kappa shape index (κ3) is 4.01. The largest absolute Gasteiger partial charge is 0.337 e. The molecule has 3 aromatic heterocycles. The molecule has 3 aromatic rings. The lowest BCUT2D eigenvalue weighted by Gasteiger charge is -2.31. The Morgan fingerprint density at radius 1 is 1.32 bits per heavy atom. The average Bonchev–Trinajstić information content (AvgIpc) is 3.16. The van der Waals surface area contributed by atoms with Crippen molar-refractivity contribution in [2.75, 3.05) is 13.1 Å². The van der Waals surface area contributed by atoms with Crippen LogP contribution in [-0.4, -0.2) is 43.4 Å². The second-order valence-electron chi connectivity index (χ2n) is 6.99. The Bertz CT molecular complexity index is 1020. The summed E-state index contributed by atoms with van der Waals surface area (Å²) < 4.78 is 1.66. The minimum Gasteiger partial charge on any atom is -0.337 e. The number of likely N-dealkylation sites (tertiary alicyclic amines) is 1. The lowest BCUT2D eigenvalue weighted by Crippen LogP contribution is -2.40. The van der Waals surface area contributed by atoms with Crippen molar-refractivity contribution in [1.82, 2.24) is 24.4 Å². The third-order valence-electron chi connectivity index (χ3n) is 5.03. The van der Waals surface area contributed by atoms with Crippen LogP contribution in [0.15, 0.2) is 47.1 Å². The Balaban J connectivity index is 1.37. The van der Waals surface area contributed by atoms with Gasteiger partial charge in [0.15, 0.2) is 0 Å². The van der Waals surface area contributed by atoms with E-state index in [0.717, 1.165) is 23.4 Å². The Morgan fingerprint density at radius 2 is 2.14 bits per heavy atom. The molecule has 1 fully saturated rings. The molecule has 0 atom stereocenters. The Morgan fingerprint density at radius 3 is 2.79 bits per heavy atom. The summed E-state index contributed by atoms with van der Waals surface area (Å²) in [5, 5.41) is 2.72. The lowest BCUT2D eigenvalue weighted by atomic mass is 9.96. The summed E-state index contributed by atoms with van der Waals surface area (Å²) in [7, 11) is 0. The summed E-state index contributed by atoms with van der Waals surface area (Å²) in [6.45, 7) is 3.90. The standard InChI is InChI=1S/C20H21N5O2S/c1-14-23-18(12-28-14)20(27)24-7-4-15(5-8-24)11-25-13-22-17(9-19(25)26)16-3-2-6-21-10-16/h2-3,6,9-10,12-13,15H,4-5,7-8,11H2,1H3. The number of aryl methyl sites for hydroxylation is 1. The second kappa shape index (κ2) is 8.02. The minimum atomic E-state index is -0.0645. The molecule has 1 saturated heterocycles. The molecule has 7 nitrogen and oxygen atoms in total. The van der Waals surface area contributed by atoms with Crippen LogP contribution in [0, 0.1) is 12.8 Å². The molecule has 0 aliphatic carbocycles. The molecule has 0 bridgehead atoms. The smallest absolute Gasteiger partial charge is 0.273 e. The van der Waals surface area contributed by atoms with Gasteiger partial charge in [-0.25, -0.2) is 9.97 Å². The summed E-state index contributed by atoms with van der Waals surface area (Å²) >= 11 is 1.49. The van der Waals surface area contributed by atoms with Crippen molar-refractivity contribution in [3.8, 4) is 11.3 Å². The number of piperidine rings is 1. The van der Waals surface area contributed by atoms with Gasteiger partial charge in [-0.1, -0.05) is 0 Å². The van der Waals surface area contributed by atoms with Gasteiger partial charge in [0.05, 0.1) is 17.0 Å². The van der Waals surface area contributed by atoms with E-state index in [2.05, 4.69) is 15.0 Å². The number of aromatic nitrogens is 4. The van der Waals surface area contributed by atoms with Crippen molar-refractivity contribution in [3.05, 3.63) is 63.4 Å². The molecule has 144 valence electrons. The number of rotatable bonds is 4. The Labute approximate surface area is 166 Å². The van der Waals surface area contributed by atoms with Gasteiger partial charge in [0.2, 0.25) is 0 Å². The molecular weight excluding hydrogens is 374 g/mol. The summed E-state index contributed by atoms with van der Waals surface area (Å²) in [5.74, 6) is 0.354. The molecule has 8 heteroatoms. The van der Waals surface area contributed by atoms with Crippen LogP contribution >= 0.6 is 11.3 Å². The van der Waals surface area contributed by atoms with E-state index in [1.807, 2.05) is 29.3 Å². The Kier molecular flexibility index (Phi) is 5.29. The summed E-state index contributed by atoms with van der Waals surface area (Å²) in [4.78, 5) is 39.6. The highest BCUT2D eigenvalue weighted by Gasteiger charge is 2.25. The van der Waals surface area contributed by atoms with Crippen molar-refractivity contribution < 1.29 is 4.79 Å². The summed E-state index contributed by atoms with van der Waals surface area (Å²) in [5.41, 5.74) is 1.93. The molecule has 1 aliphatic heterocycles. The number of pyridine rings is 1. The van der Waals surface area contributed by atoms with E-state index in [-0.39, 0.29) is 11.5 Å². The quantitative estimate of drug-likeness (QED) is 0.678. The van der Waals surface area contributed by atoms with Crippen molar-refractivity contribution >= 4 is 17.2 Å². The molecule has 0 aromatic carbocycles. The summed E-state index contributed by atoms with van der Waals surface area (Å²) in [6.07, 6.45) is 6.73. The molecule has 0 saturated carbocycles. The normalized spacial score (nSPS) is 15.0. The number of carbonyl (C=O) groups excluding carboxylic acids is 1. The number of amides is 1. The first-order valence-electron chi connectivity index (χ1n) is 9.28. The average molecular weight is 395 g/mol. The molecule has 0 unspecified atom stereocenters. The molecule has 4 rings (SSSR count). The van der Waals surface area contributed by atoms with E-state index in [1.165, 1.54) is 11.3 Å². The topological polar surface area (TPSA) is 81.0 Å². The predicted octanol–water partition coefficient (Wildman–Crippen LogP) is 2.62. The van der Waals surface area contributed by atoms with E-state index >= 15 is 0 Å². The van der Waals surface area contributed by atoms with Crippen LogP contribution in [-0.2, 0) is 6.54 Å². The van der Waals surface area contributed by atoms with Crippen molar-refractivity contribution in [1.29, 1.82) is 0 Å². The third-order valence-corrected chi connectivity index (χ3v) is 5.81. The Hall–Kier alpha value is -2.87. The van der Waals surface area contributed by atoms with Crippen LogP contribution in [0.2, 0.25) is 0 Å². The SMILES string of the molecule is Cc1nc(C(=O)N2CCC(Cn3cnc(-c4cccnc4)cc3=O)CC2)cs1. The van der Waals surface area contributed by atoms with Crippen LogP contribution < -0.4 is 5.56 Å². The van der Waals surface area contributed by atoms with Gasteiger partial charge in [-0.2, -0.15) is 0 Å². The number of thiazole rings is 1. The number of hydrogen-bond donors (Lipinski definition) is 0. The van der Waals surface area contributed by atoms with Gasteiger partial charge in [0, 0.05) is 49.0 Å². The first-order valence-corrected chi connectivity index (χ1v) is 10.2. The summed E-state index contributed by atoms with van der Waals surface area (Å²) in [6, 6.07) is 5.26. The maximum Gasteiger partial charge on any atom is 0.273 e. The van der Waals surface area contributed by atoms with Crippen molar-refractivity contribution in [2.24, 2.45) is 5.92 Å². The monoisotopic (exact) mass is 395 g/mol. The van der Waals surface area contributed by atoms with Crippen LogP contribution in [0.3, 0.4) is 0 Å². The van der Waals surface area contributed by atoms with Gasteiger partial charge < -0.3 is 4.90 Å². The highest BCUT2D eigenvalue weighted by molar-refractivity contribution is 7.09. The molecular formula is C20H21N5O2S. The molecule has 0 spiro atoms. The second-order valence-corrected chi connectivity index (χ2v) is 8.06. The zero-order valence-electron chi connectivity index (χ0n) is 15.6. The predicted molar refractivity (Wildman–Crippen MR) is 107 cm³/mol. The highest BCUT2D eigenvalue weighted by atomic mass is 32.1. The van der Waals surface area contributed by atoms with Gasteiger partial charge in [-0.05, 0) is 37.8 Å². The van der Waals surface area contributed by atoms with Crippen molar-refractivity contribution in [3.63, 3.8) is 0 Å². The molecule has 1 aliphatic rings. The van der Waals surface area contributed by atoms with E-state index in [0.29, 0.717) is 36.9 Å². The lowest BCUT2D eigenvalue weighted by molar-refractivity contribution is 0.0677. The van der Waals surface area contributed by atoms with Gasteiger partial charge in [-0.15, -0.1) is 11.3 Å². The highest BCUT2D eigenvalue weighted by Crippen LogP contribution is 2.21. The molecule has 0 N–H and O–H groups in total. The fourth-order valence-corrected chi connectivity index (χ4v) is 4.04. The van der Waals surface area contributed by atoms with E-state index < -0.39 is 0 Å². The maximum atomic E-state index is 12.5. The van der Waals surface area contributed by atoms with E-state index in [4.69, 9.17) is 0 Å². The first-order chi connectivity index (χ1) is 13.6. The molecule has 0 radical (unpaired) electrons. The van der Waals surface area contributed by atoms with Crippen LogP contribution in [0.4, 0.5) is 0 Å². The van der Waals surface area contributed by atoms with Gasteiger partial charge in [0.25, 0.3) is 11.5 Å². The zero-order valence-corrected chi connectivity index (χ0v) is 16.4. The fourth-order valence-electron chi connectivity index (χ4n) is 3.46. The van der Waals surface area contributed by atoms with Crippen LogP contribution in [0.5, 0.6) is 0 Å². The number of hydrogen-bond acceptors (Lipinski definition) is 6.